The lowest BCUT2D eigenvalue weighted by Crippen LogP contribution is -2.45. The predicted octanol–water partition coefficient (Wildman–Crippen LogP) is 4.44. The normalized spacial score (nSPS) is 12.4. The molecule has 1 aromatic carbocycles. The van der Waals surface area contributed by atoms with Gasteiger partial charge in [0, 0.05) is 6.08 Å². The molecule has 0 aromatic heterocycles. The Morgan fingerprint density at radius 1 is 1.00 bits per heavy atom. The van der Waals surface area contributed by atoms with Crippen LogP contribution in [0.2, 0.25) is 0 Å². The lowest BCUT2D eigenvalue weighted by atomic mass is 10.3. The molecule has 0 saturated carbocycles. The van der Waals surface area contributed by atoms with Crippen LogP contribution in [0, 0.1) is 0 Å². The summed E-state index contributed by atoms with van der Waals surface area (Å²) in [5.74, 6) is -1.37. The van der Waals surface area contributed by atoms with Crippen molar-refractivity contribution < 1.29 is 28.5 Å². The highest BCUT2D eigenvalue weighted by atomic mass is 16.9. The van der Waals surface area contributed by atoms with Crippen molar-refractivity contribution >= 4 is 5.97 Å². The molecule has 1 rings (SSSR count). The summed E-state index contributed by atoms with van der Waals surface area (Å²) in [6.07, 6.45) is 2.59. The van der Waals surface area contributed by atoms with Crippen LogP contribution in [0.3, 0.4) is 0 Å². The molecule has 6 heteroatoms. The van der Waals surface area contributed by atoms with Gasteiger partial charge in [0.2, 0.25) is 0 Å². The Kier molecular flexibility index (Phi) is 11.4. The van der Waals surface area contributed by atoms with Gasteiger partial charge in [-0.1, -0.05) is 45.5 Å². The van der Waals surface area contributed by atoms with Gasteiger partial charge in [0.05, 0.1) is 19.8 Å². The van der Waals surface area contributed by atoms with Crippen LogP contribution < -0.4 is 4.74 Å². The van der Waals surface area contributed by atoms with E-state index in [2.05, 4.69) is 6.58 Å². The SMILES string of the molecule is C=CC(=O)OC(CC(OCCC)(OCCC)OCCC)Oc1ccccc1. The zero-order valence-corrected chi connectivity index (χ0v) is 16.6. The largest absolute Gasteiger partial charge is 0.454 e. The number of ether oxygens (including phenoxy) is 5. The van der Waals surface area contributed by atoms with Crippen LogP contribution in [0.5, 0.6) is 5.75 Å². The van der Waals surface area contributed by atoms with E-state index < -0.39 is 18.2 Å². The number of carbonyl (C=O) groups is 1. The lowest BCUT2D eigenvalue weighted by molar-refractivity contribution is -0.394. The summed E-state index contributed by atoms with van der Waals surface area (Å²) in [5, 5.41) is 0. The number of carbonyl (C=O) groups excluding carboxylic acids is 1. The molecule has 0 radical (unpaired) electrons. The van der Waals surface area contributed by atoms with Gasteiger partial charge in [0.25, 0.3) is 12.3 Å². The fourth-order valence-electron chi connectivity index (χ4n) is 2.21. The van der Waals surface area contributed by atoms with Crippen molar-refractivity contribution in [2.24, 2.45) is 0 Å². The first kappa shape index (κ1) is 23.1. The Hall–Kier alpha value is -1.89. The highest BCUT2D eigenvalue weighted by Gasteiger charge is 2.39. The van der Waals surface area contributed by atoms with E-state index in [0.29, 0.717) is 25.6 Å². The third-order valence-corrected chi connectivity index (χ3v) is 3.42. The molecule has 0 N–H and O–H groups in total. The van der Waals surface area contributed by atoms with Crippen molar-refractivity contribution in [3.8, 4) is 5.75 Å². The molecule has 0 aliphatic carbocycles. The number of benzene rings is 1. The van der Waals surface area contributed by atoms with Gasteiger partial charge in [-0.2, -0.15) is 0 Å². The second-order valence-corrected chi connectivity index (χ2v) is 5.93. The maximum Gasteiger partial charge on any atom is 0.333 e. The first-order valence-corrected chi connectivity index (χ1v) is 9.55. The lowest BCUT2D eigenvalue weighted by Gasteiger charge is -2.35. The number of esters is 1. The van der Waals surface area contributed by atoms with Crippen LogP contribution in [0.25, 0.3) is 0 Å². The van der Waals surface area contributed by atoms with Crippen LogP contribution in [-0.2, 0) is 23.7 Å². The van der Waals surface area contributed by atoms with Crippen LogP contribution in [0.1, 0.15) is 46.5 Å². The molecule has 0 aliphatic heterocycles. The summed E-state index contributed by atoms with van der Waals surface area (Å²) in [5.41, 5.74) is 0. The number of hydrogen-bond donors (Lipinski definition) is 0. The van der Waals surface area contributed by atoms with E-state index >= 15 is 0 Å². The molecule has 0 saturated heterocycles. The van der Waals surface area contributed by atoms with Crippen molar-refractivity contribution in [3.63, 3.8) is 0 Å². The monoisotopic (exact) mass is 380 g/mol. The molecule has 0 fully saturated rings. The van der Waals surface area contributed by atoms with E-state index in [1.807, 2.05) is 39.0 Å². The summed E-state index contributed by atoms with van der Waals surface area (Å²) in [6, 6.07) is 9.11. The summed E-state index contributed by atoms with van der Waals surface area (Å²) in [6.45, 7) is 10.8. The minimum absolute atomic E-state index is 0.0709. The molecule has 1 aromatic rings. The van der Waals surface area contributed by atoms with E-state index in [9.17, 15) is 4.79 Å². The predicted molar refractivity (Wildman–Crippen MR) is 103 cm³/mol. The molecule has 0 bridgehead atoms. The maximum absolute atomic E-state index is 11.8. The number of rotatable bonds is 15. The van der Waals surface area contributed by atoms with Crippen LogP contribution in [0.4, 0.5) is 0 Å². The molecule has 0 spiro atoms. The third-order valence-electron chi connectivity index (χ3n) is 3.42. The zero-order valence-electron chi connectivity index (χ0n) is 16.6. The molecule has 152 valence electrons. The van der Waals surface area contributed by atoms with Crippen molar-refractivity contribution in [2.75, 3.05) is 19.8 Å². The third kappa shape index (κ3) is 9.04. The Morgan fingerprint density at radius 3 is 1.96 bits per heavy atom. The topological polar surface area (TPSA) is 63.2 Å². The summed E-state index contributed by atoms with van der Waals surface area (Å²) in [4.78, 5) is 11.8. The Morgan fingerprint density at radius 2 is 1.52 bits per heavy atom. The minimum Gasteiger partial charge on any atom is -0.454 e. The van der Waals surface area contributed by atoms with Gasteiger partial charge in [0.15, 0.2) is 0 Å². The number of hydrogen-bond acceptors (Lipinski definition) is 6. The minimum atomic E-state index is -1.34. The van der Waals surface area contributed by atoms with Gasteiger partial charge in [-0.25, -0.2) is 4.79 Å². The fourth-order valence-corrected chi connectivity index (χ4v) is 2.21. The van der Waals surface area contributed by atoms with Crippen molar-refractivity contribution in [3.05, 3.63) is 43.0 Å². The van der Waals surface area contributed by atoms with Gasteiger partial charge in [-0.15, -0.1) is 0 Å². The molecule has 6 nitrogen and oxygen atoms in total. The average molecular weight is 380 g/mol. The molecule has 0 heterocycles. The van der Waals surface area contributed by atoms with Crippen LogP contribution in [0.15, 0.2) is 43.0 Å². The highest BCUT2D eigenvalue weighted by Crippen LogP contribution is 2.26. The van der Waals surface area contributed by atoms with Crippen molar-refractivity contribution in [2.45, 2.75) is 58.7 Å². The second-order valence-electron chi connectivity index (χ2n) is 5.93. The van der Waals surface area contributed by atoms with Gasteiger partial charge in [0.1, 0.15) is 12.2 Å². The molecule has 0 aliphatic rings. The average Bonchev–Trinajstić information content (AvgIpc) is 2.69. The van der Waals surface area contributed by atoms with E-state index in [0.717, 1.165) is 25.3 Å². The zero-order chi connectivity index (χ0) is 20.0. The first-order chi connectivity index (χ1) is 13.1. The van der Waals surface area contributed by atoms with E-state index in [1.165, 1.54) is 0 Å². The van der Waals surface area contributed by atoms with Crippen LogP contribution >= 0.6 is 0 Å². The Labute approximate surface area is 162 Å². The summed E-state index contributed by atoms with van der Waals surface area (Å²) >= 11 is 0. The summed E-state index contributed by atoms with van der Waals surface area (Å²) in [7, 11) is 0. The molecular formula is C21H32O6. The van der Waals surface area contributed by atoms with Gasteiger partial charge >= 0.3 is 5.97 Å². The van der Waals surface area contributed by atoms with E-state index in [1.54, 1.807) is 12.1 Å². The van der Waals surface area contributed by atoms with E-state index in [4.69, 9.17) is 23.7 Å². The Balaban J connectivity index is 3.03. The molecule has 1 unspecified atom stereocenters. The highest BCUT2D eigenvalue weighted by molar-refractivity contribution is 5.81. The summed E-state index contributed by atoms with van der Waals surface area (Å²) < 4.78 is 29.0. The quantitative estimate of drug-likeness (QED) is 0.255. The second kappa shape index (κ2) is 13.3. The Bertz CT molecular complexity index is 509. The standard InChI is InChI=1S/C21H32O6/c1-5-14-23-21(24-15-6-2,25-16-7-3)17-20(27-19(22)8-4)26-18-12-10-9-11-13-18/h8-13,20H,4-7,14-17H2,1-3H3. The van der Waals surface area contributed by atoms with Gasteiger partial charge in [-0.3, -0.25) is 0 Å². The molecule has 1 atom stereocenters. The molecule has 27 heavy (non-hydrogen) atoms. The number of para-hydroxylation sites is 1. The van der Waals surface area contributed by atoms with Crippen molar-refractivity contribution in [1.29, 1.82) is 0 Å². The molecule has 0 amide bonds. The molecular weight excluding hydrogens is 348 g/mol. The van der Waals surface area contributed by atoms with Gasteiger partial charge in [-0.05, 0) is 31.4 Å². The van der Waals surface area contributed by atoms with Gasteiger partial charge < -0.3 is 23.7 Å². The fraction of sp³-hybridized carbons (Fsp3) is 0.571. The smallest absolute Gasteiger partial charge is 0.333 e. The first-order valence-electron chi connectivity index (χ1n) is 9.55. The van der Waals surface area contributed by atoms with Crippen molar-refractivity contribution in [1.82, 2.24) is 0 Å². The van der Waals surface area contributed by atoms with Crippen LogP contribution in [-0.4, -0.2) is 38.1 Å². The van der Waals surface area contributed by atoms with E-state index in [-0.39, 0.29) is 6.42 Å². The maximum atomic E-state index is 11.8.